The normalized spacial score (nSPS) is 21.7. The Balaban J connectivity index is 1.72. The monoisotopic (exact) mass is 261 g/mol. The summed E-state index contributed by atoms with van der Waals surface area (Å²) in [6.45, 7) is 7.16. The summed E-state index contributed by atoms with van der Waals surface area (Å²) in [6, 6.07) is 9.03. The van der Waals surface area contributed by atoms with Gasteiger partial charge in [-0.15, -0.1) is 0 Å². The minimum Gasteiger partial charge on any atom is -0.399 e. The summed E-state index contributed by atoms with van der Waals surface area (Å²) in [6.07, 6.45) is 3.65. The summed E-state index contributed by atoms with van der Waals surface area (Å²) >= 11 is 0. The van der Waals surface area contributed by atoms with Gasteiger partial charge in [0.2, 0.25) is 0 Å². The van der Waals surface area contributed by atoms with E-state index in [9.17, 15) is 0 Å². The molecule has 2 rings (SSSR count). The zero-order chi connectivity index (χ0) is 13.7. The van der Waals surface area contributed by atoms with Gasteiger partial charge < -0.3 is 15.5 Å². The molecule has 3 nitrogen and oxygen atoms in total. The number of hydrogen-bond acceptors (Lipinski definition) is 3. The van der Waals surface area contributed by atoms with Gasteiger partial charge in [0.25, 0.3) is 0 Å². The standard InChI is InChI=1S/C16H27N3/c1-3-16-13-19(12-11-18(16)2)10-4-5-14-6-8-15(17)9-7-14/h6-9,16H,3-5,10-13,17H2,1-2H3. The molecule has 1 aliphatic rings. The van der Waals surface area contributed by atoms with Crippen LogP contribution in [-0.4, -0.2) is 49.1 Å². The van der Waals surface area contributed by atoms with Gasteiger partial charge in [-0.1, -0.05) is 19.1 Å². The first-order chi connectivity index (χ1) is 9.19. The van der Waals surface area contributed by atoms with Crippen molar-refractivity contribution >= 4 is 5.69 Å². The van der Waals surface area contributed by atoms with Gasteiger partial charge in [0, 0.05) is 31.4 Å². The van der Waals surface area contributed by atoms with E-state index >= 15 is 0 Å². The molecule has 0 aromatic heterocycles. The van der Waals surface area contributed by atoms with Gasteiger partial charge in [-0.2, -0.15) is 0 Å². The fraction of sp³-hybridized carbons (Fsp3) is 0.625. The lowest BCUT2D eigenvalue weighted by molar-refractivity contribution is 0.0926. The smallest absolute Gasteiger partial charge is 0.0314 e. The highest BCUT2D eigenvalue weighted by Gasteiger charge is 2.21. The number of hydrogen-bond donors (Lipinski definition) is 1. The van der Waals surface area contributed by atoms with Gasteiger partial charge in [-0.05, 0) is 50.6 Å². The van der Waals surface area contributed by atoms with Crippen LogP contribution in [0.5, 0.6) is 0 Å². The number of aryl methyl sites for hydroxylation is 1. The van der Waals surface area contributed by atoms with Gasteiger partial charge in [0.05, 0.1) is 0 Å². The van der Waals surface area contributed by atoms with Crippen molar-refractivity contribution in [2.45, 2.75) is 32.2 Å². The number of nitrogens with two attached hydrogens (primary N) is 1. The highest BCUT2D eigenvalue weighted by atomic mass is 15.3. The van der Waals surface area contributed by atoms with Crippen LogP contribution in [0.15, 0.2) is 24.3 Å². The van der Waals surface area contributed by atoms with Gasteiger partial charge in [0.1, 0.15) is 0 Å². The van der Waals surface area contributed by atoms with Crippen LogP contribution in [0.25, 0.3) is 0 Å². The number of nitrogen functional groups attached to an aromatic ring is 1. The van der Waals surface area contributed by atoms with Crippen LogP contribution >= 0.6 is 0 Å². The summed E-state index contributed by atoms with van der Waals surface area (Å²) in [5, 5.41) is 0. The Morgan fingerprint density at radius 1 is 1.21 bits per heavy atom. The second-order valence-corrected chi connectivity index (χ2v) is 5.69. The summed E-state index contributed by atoms with van der Waals surface area (Å²) in [7, 11) is 2.25. The molecular formula is C16H27N3. The zero-order valence-electron chi connectivity index (χ0n) is 12.3. The van der Waals surface area contributed by atoms with E-state index in [1.165, 1.54) is 44.6 Å². The van der Waals surface area contributed by atoms with Crippen molar-refractivity contribution in [3.05, 3.63) is 29.8 Å². The highest BCUT2D eigenvalue weighted by molar-refractivity contribution is 5.39. The molecule has 1 unspecified atom stereocenters. The van der Waals surface area contributed by atoms with Crippen molar-refractivity contribution < 1.29 is 0 Å². The molecule has 3 heteroatoms. The molecule has 1 heterocycles. The molecule has 1 atom stereocenters. The van der Waals surface area contributed by atoms with Crippen molar-refractivity contribution in [3.8, 4) is 0 Å². The molecule has 19 heavy (non-hydrogen) atoms. The van der Waals surface area contributed by atoms with Crippen LogP contribution < -0.4 is 5.73 Å². The first-order valence-electron chi connectivity index (χ1n) is 7.46. The highest BCUT2D eigenvalue weighted by Crippen LogP contribution is 2.12. The Hall–Kier alpha value is -1.06. The van der Waals surface area contributed by atoms with E-state index in [4.69, 9.17) is 5.73 Å². The molecule has 0 amide bonds. The number of piperazine rings is 1. The minimum absolute atomic E-state index is 0.741. The fourth-order valence-electron chi connectivity index (χ4n) is 2.85. The number of likely N-dealkylation sites (N-methyl/N-ethyl adjacent to an activating group) is 1. The van der Waals surface area contributed by atoms with Crippen molar-refractivity contribution in [1.29, 1.82) is 0 Å². The Labute approximate surface area is 117 Å². The van der Waals surface area contributed by atoms with Crippen LogP contribution in [0.3, 0.4) is 0 Å². The Morgan fingerprint density at radius 2 is 1.95 bits per heavy atom. The van der Waals surface area contributed by atoms with Gasteiger partial charge >= 0.3 is 0 Å². The molecule has 1 aromatic carbocycles. The summed E-state index contributed by atoms with van der Waals surface area (Å²) in [5.74, 6) is 0. The minimum atomic E-state index is 0.741. The van der Waals surface area contributed by atoms with Crippen molar-refractivity contribution in [2.24, 2.45) is 0 Å². The van der Waals surface area contributed by atoms with Crippen molar-refractivity contribution in [2.75, 3.05) is 39.0 Å². The Bertz CT molecular complexity index is 374. The maximum Gasteiger partial charge on any atom is 0.0314 e. The third-order valence-electron chi connectivity index (χ3n) is 4.25. The Morgan fingerprint density at radius 3 is 2.63 bits per heavy atom. The van der Waals surface area contributed by atoms with Gasteiger partial charge in [-0.3, -0.25) is 0 Å². The molecule has 0 spiro atoms. The molecular weight excluding hydrogens is 234 g/mol. The van der Waals surface area contributed by atoms with E-state index in [1.807, 2.05) is 12.1 Å². The molecule has 1 saturated heterocycles. The molecule has 0 bridgehead atoms. The van der Waals surface area contributed by atoms with Crippen LogP contribution in [0, 0.1) is 0 Å². The quantitative estimate of drug-likeness (QED) is 0.825. The number of anilines is 1. The summed E-state index contributed by atoms with van der Waals surface area (Å²) in [5.41, 5.74) is 7.96. The average molecular weight is 261 g/mol. The van der Waals surface area contributed by atoms with Crippen molar-refractivity contribution in [1.82, 2.24) is 9.80 Å². The number of nitrogens with zero attached hydrogens (tertiary/aromatic N) is 2. The van der Waals surface area contributed by atoms with Crippen LogP contribution in [0.2, 0.25) is 0 Å². The van der Waals surface area contributed by atoms with E-state index in [-0.39, 0.29) is 0 Å². The molecule has 106 valence electrons. The SMILES string of the molecule is CCC1CN(CCCc2ccc(N)cc2)CCN1C. The lowest BCUT2D eigenvalue weighted by Crippen LogP contribution is -2.51. The van der Waals surface area contributed by atoms with E-state index in [1.54, 1.807) is 0 Å². The number of rotatable bonds is 5. The van der Waals surface area contributed by atoms with E-state index in [2.05, 4.69) is 35.9 Å². The fourth-order valence-corrected chi connectivity index (χ4v) is 2.85. The van der Waals surface area contributed by atoms with Crippen molar-refractivity contribution in [3.63, 3.8) is 0 Å². The first kappa shape index (κ1) is 14.4. The second-order valence-electron chi connectivity index (χ2n) is 5.69. The predicted molar refractivity (Wildman–Crippen MR) is 82.3 cm³/mol. The largest absolute Gasteiger partial charge is 0.399 e. The average Bonchev–Trinajstić information content (AvgIpc) is 2.43. The maximum absolute atomic E-state index is 5.70. The summed E-state index contributed by atoms with van der Waals surface area (Å²) in [4.78, 5) is 5.11. The molecule has 0 aliphatic carbocycles. The lowest BCUT2D eigenvalue weighted by Gasteiger charge is -2.39. The topological polar surface area (TPSA) is 32.5 Å². The molecule has 1 aliphatic heterocycles. The van der Waals surface area contributed by atoms with Gasteiger partial charge in [-0.25, -0.2) is 0 Å². The molecule has 0 saturated carbocycles. The zero-order valence-corrected chi connectivity index (χ0v) is 12.3. The Kier molecular flexibility index (Phi) is 5.23. The van der Waals surface area contributed by atoms with Crippen LogP contribution in [0.4, 0.5) is 5.69 Å². The lowest BCUT2D eigenvalue weighted by atomic mass is 10.1. The van der Waals surface area contributed by atoms with E-state index < -0.39 is 0 Å². The third kappa shape index (κ3) is 4.22. The predicted octanol–water partition coefficient (Wildman–Crippen LogP) is 2.23. The van der Waals surface area contributed by atoms with Gasteiger partial charge in [0.15, 0.2) is 0 Å². The van der Waals surface area contributed by atoms with Crippen LogP contribution in [0.1, 0.15) is 25.3 Å². The van der Waals surface area contributed by atoms with E-state index in [0.29, 0.717) is 0 Å². The van der Waals surface area contributed by atoms with Crippen LogP contribution in [-0.2, 0) is 6.42 Å². The summed E-state index contributed by atoms with van der Waals surface area (Å²) < 4.78 is 0. The second kappa shape index (κ2) is 6.92. The maximum atomic E-state index is 5.70. The molecule has 1 fully saturated rings. The molecule has 2 N–H and O–H groups in total. The number of benzene rings is 1. The third-order valence-corrected chi connectivity index (χ3v) is 4.25. The molecule has 0 radical (unpaired) electrons. The first-order valence-corrected chi connectivity index (χ1v) is 7.46. The molecule has 1 aromatic rings. The van der Waals surface area contributed by atoms with E-state index in [0.717, 1.165) is 18.2 Å².